The first-order chi connectivity index (χ1) is 12.0. The van der Waals surface area contributed by atoms with Crippen molar-refractivity contribution in [1.82, 2.24) is 4.57 Å². The Labute approximate surface area is 156 Å². The molecule has 0 saturated heterocycles. The SMILES string of the molecule is O=C(O)CCCCn1c[n+](Cc2ccc3ccccc3c2)c(Cl)c1Cl. The first-order valence-corrected chi connectivity index (χ1v) is 8.93. The fraction of sp³-hybridized carbons (Fsp3) is 0.263. The molecular formula is C19H19Cl2N2O2+. The van der Waals surface area contributed by atoms with Crippen LogP contribution in [0.25, 0.3) is 10.8 Å². The van der Waals surface area contributed by atoms with Gasteiger partial charge >= 0.3 is 5.97 Å². The highest BCUT2D eigenvalue weighted by molar-refractivity contribution is 6.39. The quantitative estimate of drug-likeness (QED) is 0.485. The molecule has 0 aliphatic rings. The Balaban J connectivity index is 1.73. The van der Waals surface area contributed by atoms with Crippen LogP contribution in [0, 0.1) is 0 Å². The Morgan fingerprint density at radius 2 is 1.84 bits per heavy atom. The lowest BCUT2D eigenvalue weighted by Gasteiger charge is -2.02. The van der Waals surface area contributed by atoms with Crippen LogP contribution in [-0.2, 0) is 17.9 Å². The van der Waals surface area contributed by atoms with Gasteiger partial charge in [0.15, 0.2) is 0 Å². The Morgan fingerprint density at radius 1 is 1.08 bits per heavy atom. The topological polar surface area (TPSA) is 46.1 Å². The van der Waals surface area contributed by atoms with Crippen LogP contribution >= 0.6 is 23.2 Å². The fourth-order valence-corrected chi connectivity index (χ4v) is 3.31. The lowest BCUT2D eigenvalue weighted by Crippen LogP contribution is -2.33. The van der Waals surface area contributed by atoms with Gasteiger partial charge < -0.3 is 5.11 Å². The number of benzene rings is 2. The molecule has 130 valence electrons. The standard InChI is InChI=1S/C19H18Cl2N2O2/c20-18-19(21)23(13-22(18)10-4-3-7-17(24)25)12-14-8-9-15-5-1-2-6-16(15)11-14/h1-2,5-6,8-9,11,13H,3-4,7,10,12H2/p+1. The zero-order chi connectivity index (χ0) is 17.8. The molecule has 0 amide bonds. The average Bonchev–Trinajstić information content (AvgIpc) is 2.86. The second-order valence-electron chi connectivity index (χ2n) is 6.05. The van der Waals surface area contributed by atoms with Gasteiger partial charge in [-0.15, -0.1) is 0 Å². The molecule has 0 atom stereocenters. The van der Waals surface area contributed by atoms with Crippen molar-refractivity contribution in [2.45, 2.75) is 32.4 Å². The maximum Gasteiger partial charge on any atom is 0.303 e. The summed E-state index contributed by atoms with van der Waals surface area (Å²) in [6.45, 7) is 1.28. The Bertz CT molecular complexity index is 906. The number of halogens is 2. The Morgan fingerprint density at radius 3 is 2.60 bits per heavy atom. The number of carbonyl (C=O) groups is 1. The second-order valence-corrected chi connectivity index (χ2v) is 6.77. The molecule has 0 unspecified atom stereocenters. The predicted octanol–water partition coefficient (Wildman–Crippen LogP) is 4.54. The van der Waals surface area contributed by atoms with Gasteiger partial charge in [-0.1, -0.05) is 36.4 Å². The van der Waals surface area contributed by atoms with Gasteiger partial charge in [0, 0.05) is 6.42 Å². The number of hydrogen-bond donors (Lipinski definition) is 1. The Hall–Kier alpha value is -2.04. The van der Waals surface area contributed by atoms with Gasteiger partial charge in [-0.05, 0) is 58.4 Å². The van der Waals surface area contributed by atoms with Crippen molar-refractivity contribution in [3.05, 3.63) is 64.7 Å². The summed E-state index contributed by atoms with van der Waals surface area (Å²) in [5.74, 6) is -0.775. The number of carboxylic acids is 1. The van der Waals surface area contributed by atoms with E-state index in [1.807, 2.05) is 27.6 Å². The number of fused-ring (bicyclic) bond motifs is 1. The summed E-state index contributed by atoms with van der Waals surface area (Å²) in [4.78, 5) is 10.6. The minimum Gasteiger partial charge on any atom is -0.481 e. The molecule has 0 aliphatic carbocycles. The third-order valence-electron chi connectivity index (χ3n) is 4.16. The van der Waals surface area contributed by atoms with Crippen LogP contribution in [0.1, 0.15) is 24.8 Å². The highest BCUT2D eigenvalue weighted by Crippen LogP contribution is 2.21. The van der Waals surface area contributed by atoms with Crippen LogP contribution < -0.4 is 4.57 Å². The average molecular weight is 378 g/mol. The van der Waals surface area contributed by atoms with Crippen LogP contribution in [0.4, 0.5) is 0 Å². The van der Waals surface area contributed by atoms with E-state index in [0.717, 1.165) is 12.0 Å². The summed E-state index contributed by atoms with van der Waals surface area (Å²) in [5, 5.41) is 12.1. The number of hydrogen-bond acceptors (Lipinski definition) is 1. The Kier molecular flexibility index (Phi) is 5.61. The molecule has 1 aromatic heterocycles. The highest BCUT2D eigenvalue weighted by Gasteiger charge is 2.20. The van der Waals surface area contributed by atoms with Gasteiger partial charge in [0.1, 0.15) is 6.54 Å². The van der Waals surface area contributed by atoms with Crippen molar-refractivity contribution in [2.75, 3.05) is 0 Å². The van der Waals surface area contributed by atoms with E-state index in [1.54, 1.807) is 0 Å². The minimum atomic E-state index is -0.775. The van der Waals surface area contributed by atoms with Crippen LogP contribution in [0.2, 0.25) is 10.3 Å². The summed E-state index contributed by atoms with van der Waals surface area (Å²) >= 11 is 12.7. The summed E-state index contributed by atoms with van der Waals surface area (Å²) in [5.41, 5.74) is 1.14. The molecule has 0 saturated carbocycles. The number of nitrogens with zero attached hydrogens (tertiary/aromatic N) is 2. The summed E-state index contributed by atoms with van der Waals surface area (Å²) in [6, 6.07) is 14.6. The molecule has 3 aromatic rings. The van der Waals surface area contributed by atoms with E-state index >= 15 is 0 Å². The molecule has 4 nitrogen and oxygen atoms in total. The number of unbranched alkanes of at least 4 members (excludes halogenated alkanes) is 1. The smallest absolute Gasteiger partial charge is 0.303 e. The van der Waals surface area contributed by atoms with Crippen molar-refractivity contribution < 1.29 is 14.5 Å². The van der Waals surface area contributed by atoms with Gasteiger partial charge in [0.25, 0.3) is 10.3 Å². The minimum absolute atomic E-state index is 0.170. The third kappa shape index (κ3) is 4.33. The molecule has 1 N–H and O–H groups in total. The first kappa shape index (κ1) is 17.8. The van der Waals surface area contributed by atoms with Crippen molar-refractivity contribution in [3.63, 3.8) is 0 Å². The summed E-state index contributed by atoms with van der Waals surface area (Å²) in [7, 11) is 0. The van der Waals surface area contributed by atoms with E-state index in [-0.39, 0.29) is 6.42 Å². The molecule has 25 heavy (non-hydrogen) atoms. The monoisotopic (exact) mass is 377 g/mol. The number of rotatable bonds is 7. The number of carboxylic acid groups (broad SMARTS) is 1. The van der Waals surface area contributed by atoms with E-state index in [4.69, 9.17) is 28.3 Å². The molecule has 2 aromatic carbocycles. The predicted molar refractivity (Wildman–Crippen MR) is 99.2 cm³/mol. The molecule has 0 bridgehead atoms. The number of imidazole rings is 1. The molecule has 3 rings (SSSR count). The van der Waals surface area contributed by atoms with Crippen molar-refractivity contribution in [2.24, 2.45) is 0 Å². The van der Waals surface area contributed by atoms with Gasteiger partial charge in [-0.25, -0.2) is 9.13 Å². The molecule has 6 heteroatoms. The molecule has 1 heterocycles. The summed E-state index contributed by atoms with van der Waals surface area (Å²) in [6.07, 6.45) is 3.42. The van der Waals surface area contributed by atoms with Gasteiger partial charge in [0.05, 0.1) is 6.54 Å². The maximum atomic E-state index is 10.6. The lowest BCUT2D eigenvalue weighted by molar-refractivity contribution is -0.685. The van der Waals surface area contributed by atoms with E-state index in [2.05, 4.69) is 30.3 Å². The number of aliphatic carboxylic acids is 1. The van der Waals surface area contributed by atoms with E-state index in [0.29, 0.717) is 29.8 Å². The lowest BCUT2D eigenvalue weighted by atomic mass is 10.1. The van der Waals surface area contributed by atoms with Crippen LogP contribution in [0.3, 0.4) is 0 Å². The van der Waals surface area contributed by atoms with E-state index in [9.17, 15) is 4.79 Å². The molecular weight excluding hydrogens is 359 g/mol. The first-order valence-electron chi connectivity index (χ1n) is 8.17. The van der Waals surface area contributed by atoms with Gasteiger partial charge in [-0.2, -0.15) is 0 Å². The molecule has 0 aliphatic heterocycles. The number of aromatic nitrogens is 2. The third-order valence-corrected chi connectivity index (χ3v) is 5.05. The normalized spacial score (nSPS) is 11.1. The second kappa shape index (κ2) is 7.89. The van der Waals surface area contributed by atoms with Crippen molar-refractivity contribution in [3.8, 4) is 0 Å². The maximum absolute atomic E-state index is 10.6. The van der Waals surface area contributed by atoms with Crippen LogP contribution in [0.5, 0.6) is 0 Å². The van der Waals surface area contributed by atoms with Gasteiger partial charge in [0.2, 0.25) is 6.33 Å². The van der Waals surface area contributed by atoms with Crippen molar-refractivity contribution >= 4 is 39.9 Å². The van der Waals surface area contributed by atoms with Crippen LogP contribution in [-0.4, -0.2) is 15.6 Å². The van der Waals surface area contributed by atoms with Gasteiger partial charge in [-0.3, -0.25) is 4.79 Å². The summed E-state index contributed by atoms with van der Waals surface area (Å²) < 4.78 is 3.78. The molecule has 0 radical (unpaired) electrons. The number of aryl methyl sites for hydroxylation is 1. The molecule has 0 fully saturated rings. The zero-order valence-corrected chi connectivity index (χ0v) is 15.2. The fourth-order valence-electron chi connectivity index (χ4n) is 2.86. The van der Waals surface area contributed by atoms with E-state index < -0.39 is 5.97 Å². The zero-order valence-electron chi connectivity index (χ0n) is 13.7. The van der Waals surface area contributed by atoms with E-state index in [1.165, 1.54) is 10.8 Å². The highest BCUT2D eigenvalue weighted by atomic mass is 35.5. The molecule has 0 spiro atoms. The van der Waals surface area contributed by atoms with Crippen molar-refractivity contribution in [1.29, 1.82) is 0 Å². The largest absolute Gasteiger partial charge is 0.481 e. The van der Waals surface area contributed by atoms with Crippen LogP contribution in [0.15, 0.2) is 48.8 Å².